The quantitative estimate of drug-likeness (QED) is 0.478. The van der Waals surface area contributed by atoms with E-state index >= 15 is 0 Å². The van der Waals surface area contributed by atoms with Crippen LogP contribution in [-0.4, -0.2) is 38.0 Å². The van der Waals surface area contributed by atoms with Crippen LogP contribution in [0.25, 0.3) is 0 Å². The van der Waals surface area contributed by atoms with E-state index in [9.17, 15) is 14.7 Å². The largest absolute Gasteiger partial charge is 0.508 e. The molecule has 0 fully saturated rings. The van der Waals surface area contributed by atoms with E-state index in [0.29, 0.717) is 0 Å². The molecule has 0 radical (unpaired) electrons. The van der Waals surface area contributed by atoms with Gasteiger partial charge in [-0.3, -0.25) is 4.79 Å². The Labute approximate surface area is 78.4 Å². The number of hydrogen-bond donors (Lipinski definition) is 4. The van der Waals surface area contributed by atoms with E-state index < -0.39 is 23.5 Å². The standard InChI is InChI=1S/C8H8O6/c9-4-1-2-8(14,7(12)13)5(3-4)6(10)11/h1-3,5,9,14H,(H,10,11)(H,12,13). The summed E-state index contributed by atoms with van der Waals surface area (Å²) in [6, 6.07) is 0. The third kappa shape index (κ3) is 1.47. The first kappa shape index (κ1) is 10.3. The second-order valence-corrected chi connectivity index (χ2v) is 2.87. The number of allylic oxidation sites excluding steroid dienone is 1. The molecule has 1 aliphatic rings. The molecule has 76 valence electrons. The first-order valence-corrected chi connectivity index (χ1v) is 3.66. The summed E-state index contributed by atoms with van der Waals surface area (Å²) in [5.74, 6) is -5.27. The first-order valence-electron chi connectivity index (χ1n) is 3.66. The molecule has 1 aliphatic carbocycles. The molecule has 6 heteroatoms. The Hall–Kier alpha value is -1.82. The van der Waals surface area contributed by atoms with Crippen molar-refractivity contribution in [1.29, 1.82) is 0 Å². The van der Waals surface area contributed by atoms with Crippen LogP contribution in [0.4, 0.5) is 0 Å². The Balaban J connectivity index is 3.15. The van der Waals surface area contributed by atoms with Crippen LogP contribution < -0.4 is 0 Å². The van der Waals surface area contributed by atoms with Crippen LogP contribution in [0.5, 0.6) is 0 Å². The van der Waals surface area contributed by atoms with Crippen LogP contribution in [0.15, 0.2) is 24.0 Å². The Morgan fingerprint density at radius 3 is 2.36 bits per heavy atom. The lowest BCUT2D eigenvalue weighted by molar-refractivity contribution is -0.165. The van der Waals surface area contributed by atoms with Crippen LogP contribution in [0.2, 0.25) is 0 Å². The number of carboxylic acid groups (broad SMARTS) is 2. The molecular formula is C8H8O6. The van der Waals surface area contributed by atoms with Gasteiger partial charge < -0.3 is 20.4 Å². The Morgan fingerprint density at radius 1 is 1.36 bits per heavy atom. The van der Waals surface area contributed by atoms with E-state index in [4.69, 9.17) is 15.3 Å². The summed E-state index contributed by atoms with van der Waals surface area (Å²) in [6.07, 6.45) is 2.45. The highest BCUT2D eigenvalue weighted by Crippen LogP contribution is 2.27. The van der Waals surface area contributed by atoms with E-state index in [2.05, 4.69) is 0 Å². The highest BCUT2D eigenvalue weighted by molar-refractivity contribution is 5.89. The van der Waals surface area contributed by atoms with Gasteiger partial charge in [0.15, 0.2) is 5.60 Å². The fraction of sp³-hybridized carbons (Fsp3) is 0.250. The number of carbonyl (C=O) groups is 2. The van der Waals surface area contributed by atoms with Crippen molar-refractivity contribution >= 4 is 11.9 Å². The van der Waals surface area contributed by atoms with Gasteiger partial charge in [-0.25, -0.2) is 4.79 Å². The van der Waals surface area contributed by atoms with Crippen molar-refractivity contribution in [2.75, 3.05) is 0 Å². The normalized spacial score (nSPS) is 30.9. The molecule has 6 nitrogen and oxygen atoms in total. The molecule has 0 amide bonds. The second kappa shape index (κ2) is 3.15. The zero-order chi connectivity index (χ0) is 10.9. The van der Waals surface area contributed by atoms with Gasteiger partial charge in [0, 0.05) is 0 Å². The summed E-state index contributed by atoms with van der Waals surface area (Å²) in [7, 11) is 0. The van der Waals surface area contributed by atoms with Crippen molar-refractivity contribution in [1.82, 2.24) is 0 Å². The lowest BCUT2D eigenvalue weighted by Gasteiger charge is -2.26. The fourth-order valence-corrected chi connectivity index (χ4v) is 1.13. The van der Waals surface area contributed by atoms with E-state index in [1.807, 2.05) is 0 Å². The number of carboxylic acids is 2. The Morgan fingerprint density at radius 2 is 1.93 bits per heavy atom. The minimum Gasteiger partial charge on any atom is -0.508 e. The number of aliphatic hydroxyl groups excluding tert-OH is 1. The molecule has 0 saturated carbocycles. The topological polar surface area (TPSA) is 115 Å². The third-order valence-electron chi connectivity index (χ3n) is 1.93. The molecule has 0 saturated heterocycles. The van der Waals surface area contributed by atoms with Crippen molar-refractivity contribution in [3.8, 4) is 0 Å². The average molecular weight is 200 g/mol. The lowest BCUT2D eigenvalue weighted by Crippen LogP contribution is -2.48. The van der Waals surface area contributed by atoms with Crippen LogP contribution in [0.1, 0.15) is 0 Å². The van der Waals surface area contributed by atoms with Crippen LogP contribution in [-0.2, 0) is 9.59 Å². The van der Waals surface area contributed by atoms with Crippen LogP contribution in [0.3, 0.4) is 0 Å². The molecule has 0 aromatic rings. The maximum absolute atomic E-state index is 10.6. The highest BCUT2D eigenvalue weighted by Gasteiger charge is 2.47. The molecule has 0 spiro atoms. The van der Waals surface area contributed by atoms with E-state index in [1.54, 1.807) is 0 Å². The van der Waals surface area contributed by atoms with Gasteiger partial charge in [0.25, 0.3) is 0 Å². The summed E-state index contributed by atoms with van der Waals surface area (Å²) in [5.41, 5.74) is -2.50. The van der Waals surface area contributed by atoms with Gasteiger partial charge in [-0.15, -0.1) is 0 Å². The number of aliphatic carboxylic acids is 2. The molecule has 0 bridgehead atoms. The summed E-state index contributed by atoms with van der Waals surface area (Å²) >= 11 is 0. The molecule has 0 aliphatic heterocycles. The van der Waals surface area contributed by atoms with Crippen molar-refractivity contribution in [3.05, 3.63) is 24.0 Å². The molecule has 0 aromatic carbocycles. The van der Waals surface area contributed by atoms with Gasteiger partial charge in [0.1, 0.15) is 11.7 Å². The molecule has 4 N–H and O–H groups in total. The molecule has 1 rings (SSSR count). The highest BCUT2D eigenvalue weighted by atomic mass is 16.4. The van der Waals surface area contributed by atoms with E-state index in [0.717, 1.165) is 18.2 Å². The molecular weight excluding hydrogens is 192 g/mol. The van der Waals surface area contributed by atoms with Gasteiger partial charge >= 0.3 is 11.9 Å². The SMILES string of the molecule is O=C(O)C1C=C(O)C=CC1(O)C(=O)O. The minimum atomic E-state index is -2.50. The van der Waals surface area contributed by atoms with Crippen LogP contribution >= 0.6 is 0 Å². The van der Waals surface area contributed by atoms with Crippen molar-refractivity contribution in [2.24, 2.45) is 5.92 Å². The predicted octanol–water partition coefficient (Wildman–Crippen LogP) is -0.485. The summed E-state index contributed by atoms with van der Waals surface area (Å²) in [4.78, 5) is 21.2. The molecule has 2 atom stereocenters. The van der Waals surface area contributed by atoms with E-state index in [1.165, 1.54) is 0 Å². The second-order valence-electron chi connectivity index (χ2n) is 2.87. The fourth-order valence-electron chi connectivity index (χ4n) is 1.13. The predicted molar refractivity (Wildman–Crippen MR) is 43.6 cm³/mol. The lowest BCUT2D eigenvalue weighted by atomic mass is 9.83. The van der Waals surface area contributed by atoms with Gasteiger partial charge in [0.05, 0.1) is 0 Å². The smallest absolute Gasteiger partial charge is 0.341 e. The zero-order valence-corrected chi connectivity index (χ0v) is 6.91. The van der Waals surface area contributed by atoms with Crippen molar-refractivity contribution < 1.29 is 30.0 Å². The van der Waals surface area contributed by atoms with Crippen molar-refractivity contribution in [3.63, 3.8) is 0 Å². The van der Waals surface area contributed by atoms with Crippen molar-refractivity contribution in [2.45, 2.75) is 5.60 Å². The third-order valence-corrected chi connectivity index (χ3v) is 1.93. The summed E-state index contributed by atoms with van der Waals surface area (Å²) in [5, 5.41) is 35.7. The monoisotopic (exact) mass is 200 g/mol. The van der Waals surface area contributed by atoms with Gasteiger partial charge in [-0.1, -0.05) is 0 Å². The molecule has 0 heterocycles. The maximum Gasteiger partial charge on any atom is 0.341 e. The van der Waals surface area contributed by atoms with Crippen LogP contribution in [0, 0.1) is 5.92 Å². The minimum absolute atomic E-state index is 0.386. The maximum atomic E-state index is 10.6. The molecule has 2 unspecified atom stereocenters. The van der Waals surface area contributed by atoms with Gasteiger partial charge in [-0.2, -0.15) is 0 Å². The first-order chi connectivity index (χ1) is 6.38. The summed E-state index contributed by atoms with van der Waals surface area (Å²) in [6.45, 7) is 0. The Bertz CT molecular complexity index is 342. The summed E-state index contributed by atoms with van der Waals surface area (Å²) < 4.78 is 0. The number of aliphatic hydroxyl groups is 2. The number of hydrogen-bond acceptors (Lipinski definition) is 4. The zero-order valence-electron chi connectivity index (χ0n) is 6.91. The Kier molecular flexibility index (Phi) is 2.31. The molecule has 0 aromatic heterocycles. The van der Waals surface area contributed by atoms with Gasteiger partial charge in [0.2, 0.25) is 0 Å². The molecule has 14 heavy (non-hydrogen) atoms. The average Bonchev–Trinajstić information content (AvgIpc) is 2.08. The number of rotatable bonds is 2. The van der Waals surface area contributed by atoms with E-state index in [-0.39, 0.29) is 5.76 Å². The van der Waals surface area contributed by atoms with Gasteiger partial charge in [-0.05, 0) is 18.2 Å².